The zero-order valence-corrected chi connectivity index (χ0v) is 29.6. The van der Waals surface area contributed by atoms with E-state index in [0.29, 0.717) is 0 Å². The normalized spacial score (nSPS) is 11.7. The van der Waals surface area contributed by atoms with Crippen LogP contribution in [0.3, 0.4) is 0 Å². The summed E-state index contributed by atoms with van der Waals surface area (Å²) in [6.07, 6.45) is 4.13. The van der Waals surface area contributed by atoms with Crippen LogP contribution in [0.2, 0.25) is 0 Å². The quantitative estimate of drug-likeness (QED) is 0.163. The molecular weight excluding hydrogens is 649 g/mol. The maximum Gasteiger partial charge on any atom is 0.0979 e. The van der Waals surface area contributed by atoms with Crippen molar-refractivity contribution < 1.29 is 0 Å². The van der Waals surface area contributed by atoms with Crippen LogP contribution in [0.4, 0.5) is 0 Å². The third-order valence-corrected chi connectivity index (χ3v) is 11.6. The maximum atomic E-state index is 5.38. The smallest absolute Gasteiger partial charge is 0.0979 e. The van der Waals surface area contributed by atoms with E-state index in [1.54, 1.807) is 0 Å². The molecule has 0 aliphatic rings. The van der Waals surface area contributed by atoms with Gasteiger partial charge in [-0.3, -0.25) is 4.98 Å². The second-order valence-corrected chi connectivity index (χ2v) is 14.7. The number of benzene rings is 8. The van der Waals surface area contributed by atoms with Gasteiger partial charge in [0, 0.05) is 42.1 Å². The Morgan fingerprint density at radius 3 is 1.96 bits per heavy atom. The fourth-order valence-corrected chi connectivity index (χ4v) is 9.05. The highest BCUT2D eigenvalue weighted by Gasteiger charge is 2.17. The summed E-state index contributed by atoms with van der Waals surface area (Å²) >= 11 is 1.87. The number of hydrogen-bond acceptors (Lipinski definition) is 3. The second-order valence-electron chi connectivity index (χ2n) is 13.7. The fraction of sp³-hybridized carbons (Fsp3) is 0.0612. The fourth-order valence-electron chi connectivity index (χ4n) is 7.85. The first-order valence-electron chi connectivity index (χ1n) is 18.0. The highest BCUT2D eigenvalue weighted by Crippen LogP contribution is 2.44. The van der Waals surface area contributed by atoms with Crippen LogP contribution in [0.25, 0.3) is 97.4 Å². The largest absolute Gasteiger partial charge is 0.252 e. The summed E-state index contributed by atoms with van der Waals surface area (Å²) in [6.45, 7) is 2.24. The van der Waals surface area contributed by atoms with Crippen molar-refractivity contribution in [2.45, 2.75) is 19.8 Å². The molecule has 0 saturated carbocycles. The van der Waals surface area contributed by atoms with Crippen molar-refractivity contribution in [2.24, 2.45) is 0 Å². The van der Waals surface area contributed by atoms with Gasteiger partial charge in [0.05, 0.1) is 22.9 Å². The van der Waals surface area contributed by atoms with Crippen LogP contribution in [-0.4, -0.2) is 9.97 Å². The Morgan fingerprint density at radius 2 is 1.15 bits per heavy atom. The Labute approximate surface area is 306 Å². The van der Waals surface area contributed by atoms with Crippen LogP contribution in [-0.2, 0) is 6.42 Å². The number of hydrogen-bond donors (Lipinski definition) is 0. The van der Waals surface area contributed by atoms with Gasteiger partial charge >= 0.3 is 0 Å². The van der Waals surface area contributed by atoms with Crippen LogP contribution < -0.4 is 0 Å². The van der Waals surface area contributed by atoms with Crippen molar-refractivity contribution in [2.75, 3.05) is 0 Å². The Hall–Kier alpha value is -6.16. The van der Waals surface area contributed by atoms with Crippen molar-refractivity contribution >= 4 is 64.1 Å². The summed E-state index contributed by atoms with van der Waals surface area (Å²) in [7, 11) is 0. The first-order chi connectivity index (χ1) is 25.7. The minimum absolute atomic E-state index is 0.878. The molecular formula is C49H34N2S. The standard InChI is InChI=1S/C49H34N2S/c1-2-12-31-21-23-40-42(25-31)38-19-9-10-20-39(38)47-48(40)51-45(30-50-47)36-18-11-17-35(26-36)41-28-37(33-15-7-4-8-16-33)29-44-43-27-34(32-13-5-3-6-14-32)22-24-46(43)52-49(41)44/h3-11,13-30H,2,12H2,1H3. The summed E-state index contributed by atoms with van der Waals surface area (Å²) in [6, 6.07) is 57.4. The lowest BCUT2D eigenvalue weighted by Gasteiger charge is -2.13. The van der Waals surface area contributed by atoms with Crippen LogP contribution in [0, 0.1) is 0 Å². The van der Waals surface area contributed by atoms with Gasteiger partial charge in [0.2, 0.25) is 0 Å². The van der Waals surface area contributed by atoms with Gasteiger partial charge in [-0.05, 0) is 80.9 Å². The van der Waals surface area contributed by atoms with Crippen LogP contribution in [0.5, 0.6) is 0 Å². The minimum Gasteiger partial charge on any atom is -0.252 e. The molecule has 10 aromatic rings. The lowest BCUT2D eigenvalue weighted by Crippen LogP contribution is -1.93. The molecule has 0 radical (unpaired) electrons. The molecule has 52 heavy (non-hydrogen) atoms. The topological polar surface area (TPSA) is 25.8 Å². The molecule has 0 fully saturated rings. The van der Waals surface area contributed by atoms with Crippen LogP contribution in [0.1, 0.15) is 18.9 Å². The number of aryl methyl sites for hydroxylation is 1. The average molecular weight is 683 g/mol. The molecule has 0 spiro atoms. The lowest BCUT2D eigenvalue weighted by molar-refractivity contribution is 0.924. The van der Waals surface area contributed by atoms with E-state index < -0.39 is 0 Å². The monoisotopic (exact) mass is 682 g/mol. The third-order valence-electron chi connectivity index (χ3n) is 10.4. The summed E-state index contributed by atoms with van der Waals surface area (Å²) in [4.78, 5) is 10.5. The van der Waals surface area contributed by atoms with Gasteiger partial charge in [0.25, 0.3) is 0 Å². The van der Waals surface area contributed by atoms with Gasteiger partial charge in [-0.25, -0.2) is 4.98 Å². The molecule has 0 saturated heterocycles. The SMILES string of the molecule is CCCc1ccc2c(c1)c1ccccc1c1ncc(-c3cccc(-c4cc(-c5ccccc5)cc5c4sc4ccc(-c6ccccc6)cc45)c3)nc21. The van der Waals surface area contributed by atoms with Crippen molar-refractivity contribution in [3.8, 4) is 44.6 Å². The number of aromatic nitrogens is 2. The zero-order chi connectivity index (χ0) is 34.6. The Bertz CT molecular complexity index is 2960. The molecule has 2 aromatic heterocycles. The van der Waals surface area contributed by atoms with E-state index in [1.165, 1.54) is 69.9 Å². The van der Waals surface area contributed by atoms with E-state index in [1.807, 2.05) is 17.5 Å². The molecule has 0 amide bonds. The summed E-state index contributed by atoms with van der Waals surface area (Å²) in [5.74, 6) is 0. The Morgan fingerprint density at radius 1 is 0.462 bits per heavy atom. The molecule has 0 aliphatic carbocycles. The van der Waals surface area contributed by atoms with E-state index in [2.05, 4.69) is 165 Å². The molecule has 0 unspecified atom stereocenters. The third kappa shape index (κ3) is 5.16. The molecule has 0 N–H and O–H groups in total. The van der Waals surface area contributed by atoms with Gasteiger partial charge in [-0.2, -0.15) is 0 Å². The Kier molecular flexibility index (Phi) is 7.40. The number of fused-ring (bicyclic) bond motifs is 9. The highest BCUT2D eigenvalue weighted by molar-refractivity contribution is 7.26. The van der Waals surface area contributed by atoms with E-state index >= 15 is 0 Å². The van der Waals surface area contributed by atoms with Crippen molar-refractivity contribution in [3.63, 3.8) is 0 Å². The van der Waals surface area contributed by atoms with E-state index in [0.717, 1.165) is 45.9 Å². The summed E-state index contributed by atoms with van der Waals surface area (Å²) in [5, 5.41) is 7.34. The minimum atomic E-state index is 0.878. The average Bonchev–Trinajstić information content (AvgIpc) is 3.59. The summed E-state index contributed by atoms with van der Waals surface area (Å²) < 4.78 is 2.58. The van der Waals surface area contributed by atoms with Crippen molar-refractivity contribution in [1.29, 1.82) is 0 Å². The summed E-state index contributed by atoms with van der Waals surface area (Å²) in [5.41, 5.74) is 12.5. The van der Waals surface area contributed by atoms with E-state index in [-0.39, 0.29) is 0 Å². The molecule has 3 heteroatoms. The first kappa shape index (κ1) is 30.6. The van der Waals surface area contributed by atoms with Gasteiger partial charge in [0.1, 0.15) is 0 Å². The Balaban J connectivity index is 1.17. The second kappa shape index (κ2) is 12.6. The highest BCUT2D eigenvalue weighted by atomic mass is 32.1. The zero-order valence-electron chi connectivity index (χ0n) is 28.8. The molecule has 10 rings (SSSR count). The number of thiophene rings is 1. The first-order valence-corrected chi connectivity index (χ1v) is 18.9. The molecule has 2 nitrogen and oxygen atoms in total. The maximum absolute atomic E-state index is 5.38. The molecule has 8 aromatic carbocycles. The molecule has 2 heterocycles. The van der Waals surface area contributed by atoms with Crippen molar-refractivity contribution in [1.82, 2.24) is 9.97 Å². The van der Waals surface area contributed by atoms with Gasteiger partial charge in [0.15, 0.2) is 0 Å². The molecule has 0 atom stereocenters. The van der Waals surface area contributed by atoms with E-state index in [4.69, 9.17) is 9.97 Å². The molecule has 0 bridgehead atoms. The van der Waals surface area contributed by atoms with E-state index in [9.17, 15) is 0 Å². The number of nitrogens with zero attached hydrogens (tertiary/aromatic N) is 2. The van der Waals surface area contributed by atoms with Crippen molar-refractivity contribution in [3.05, 3.63) is 169 Å². The van der Waals surface area contributed by atoms with Gasteiger partial charge < -0.3 is 0 Å². The lowest BCUT2D eigenvalue weighted by atomic mass is 9.94. The number of rotatable bonds is 6. The molecule has 0 aliphatic heterocycles. The predicted octanol–water partition coefficient (Wildman–Crippen LogP) is 13.9. The van der Waals surface area contributed by atoms with Crippen LogP contribution >= 0.6 is 11.3 Å². The molecule has 246 valence electrons. The van der Waals surface area contributed by atoms with Gasteiger partial charge in [-0.15, -0.1) is 11.3 Å². The van der Waals surface area contributed by atoms with Crippen LogP contribution in [0.15, 0.2) is 164 Å². The van der Waals surface area contributed by atoms with Gasteiger partial charge in [-0.1, -0.05) is 141 Å². The predicted molar refractivity (Wildman–Crippen MR) is 223 cm³/mol.